The Hall–Kier alpha value is -2.67. The molecule has 1 heterocycles. The number of ether oxygens (including phenoxy) is 2. The molecule has 1 N–H and O–H groups in total. The Morgan fingerprint density at radius 3 is 2.58 bits per heavy atom. The summed E-state index contributed by atoms with van der Waals surface area (Å²) in [5, 5.41) is 3.81. The highest BCUT2D eigenvalue weighted by atomic mass is 28.4. The highest BCUT2D eigenvalue weighted by molar-refractivity contribution is 6.74. The van der Waals surface area contributed by atoms with E-state index in [0.29, 0.717) is 19.4 Å². The third-order valence-electron chi connectivity index (χ3n) is 7.52. The number of hydrogen-bond donors (Lipinski definition) is 1. The first-order chi connectivity index (χ1) is 17.1. The maximum absolute atomic E-state index is 12.7. The summed E-state index contributed by atoms with van der Waals surface area (Å²) in [6.07, 6.45) is 6.73. The van der Waals surface area contributed by atoms with Gasteiger partial charge in [-0.3, -0.25) is 4.79 Å². The van der Waals surface area contributed by atoms with E-state index in [4.69, 9.17) is 18.3 Å². The number of methoxy groups -OCH3 is 1. The van der Waals surface area contributed by atoms with E-state index in [2.05, 4.69) is 45.3 Å². The molecule has 7 heteroatoms. The fraction of sp³-hybridized carbons (Fsp3) is 0.552. The smallest absolute Gasteiger partial charge is 0.306 e. The Morgan fingerprint density at radius 1 is 1.19 bits per heavy atom. The van der Waals surface area contributed by atoms with E-state index in [1.165, 1.54) is 0 Å². The molecule has 3 rings (SSSR count). The van der Waals surface area contributed by atoms with Crippen molar-refractivity contribution in [3.8, 4) is 5.75 Å². The van der Waals surface area contributed by atoms with Gasteiger partial charge in [0.25, 0.3) is 0 Å². The Bertz CT molecular complexity index is 1010. The van der Waals surface area contributed by atoms with Gasteiger partial charge in [-0.05, 0) is 74.2 Å². The molecule has 0 saturated heterocycles. The van der Waals surface area contributed by atoms with Crippen LogP contribution in [0.1, 0.15) is 52.7 Å². The molecule has 1 aromatic carbocycles. The van der Waals surface area contributed by atoms with Crippen LogP contribution in [-0.4, -0.2) is 34.0 Å². The van der Waals surface area contributed by atoms with Crippen molar-refractivity contribution in [2.75, 3.05) is 19.0 Å². The summed E-state index contributed by atoms with van der Waals surface area (Å²) in [4.78, 5) is 12.7. The van der Waals surface area contributed by atoms with Crippen molar-refractivity contribution in [1.29, 1.82) is 0 Å². The number of allylic oxidation sites excluding steroid dienone is 1. The number of carbonyl (C=O) groups is 1. The number of carbonyl (C=O) groups excluding carboxylic acids is 1. The molecule has 0 unspecified atom stereocenters. The number of benzene rings is 1. The zero-order valence-corrected chi connectivity index (χ0v) is 23.9. The van der Waals surface area contributed by atoms with Crippen LogP contribution in [0.2, 0.25) is 18.1 Å². The summed E-state index contributed by atoms with van der Waals surface area (Å²) in [5.74, 6) is 2.53. The summed E-state index contributed by atoms with van der Waals surface area (Å²) >= 11 is 0. The first-order valence-electron chi connectivity index (χ1n) is 13.0. The number of esters is 1. The molecule has 198 valence electrons. The van der Waals surface area contributed by atoms with Crippen molar-refractivity contribution >= 4 is 20.0 Å². The predicted octanol–water partition coefficient (Wildman–Crippen LogP) is 7.20. The topological polar surface area (TPSA) is 69.9 Å². The number of furan rings is 1. The molecule has 0 bridgehead atoms. The Labute approximate surface area is 217 Å². The normalized spacial score (nSPS) is 19.2. The van der Waals surface area contributed by atoms with Gasteiger partial charge in [0.2, 0.25) is 8.32 Å². The monoisotopic (exact) mass is 513 g/mol. The quantitative estimate of drug-likeness (QED) is 0.253. The second-order valence-electron chi connectivity index (χ2n) is 11.1. The van der Waals surface area contributed by atoms with E-state index >= 15 is 0 Å². The molecule has 1 aromatic heterocycles. The van der Waals surface area contributed by atoms with Crippen LogP contribution < -0.4 is 10.1 Å². The fourth-order valence-corrected chi connectivity index (χ4v) is 5.73. The van der Waals surface area contributed by atoms with E-state index in [-0.39, 0.29) is 28.9 Å². The largest absolute Gasteiger partial charge is 0.546 e. The van der Waals surface area contributed by atoms with Crippen molar-refractivity contribution in [3.05, 3.63) is 60.3 Å². The zero-order chi connectivity index (χ0) is 26.3. The summed E-state index contributed by atoms with van der Waals surface area (Å²) < 4.78 is 23.8. The third kappa shape index (κ3) is 6.96. The van der Waals surface area contributed by atoms with E-state index in [1.807, 2.05) is 43.3 Å². The molecule has 0 radical (unpaired) electrons. The second-order valence-corrected chi connectivity index (χ2v) is 15.8. The molecule has 1 aliphatic carbocycles. The highest BCUT2D eigenvalue weighted by Crippen LogP contribution is 2.44. The van der Waals surface area contributed by atoms with E-state index in [0.717, 1.165) is 35.8 Å². The van der Waals surface area contributed by atoms with Gasteiger partial charge in [0, 0.05) is 24.8 Å². The van der Waals surface area contributed by atoms with Crippen LogP contribution in [0.3, 0.4) is 0 Å². The van der Waals surface area contributed by atoms with Gasteiger partial charge in [0.1, 0.15) is 11.5 Å². The molecule has 3 atom stereocenters. The minimum atomic E-state index is -2.11. The number of hydrogen-bond acceptors (Lipinski definition) is 6. The molecule has 0 spiro atoms. The molecule has 0 aliphatic heterocycles. The number of anilines is 1. The molecule has 2 aromatic rings. The van der Waals surface area contributed by atoms with Gasteiger partial charge in [-0.25, -0.2) is 0 Å². The lowest BCUT2D eigenvalue weighted by Gasteiger charge is -2.44. The Balaban J connectivity index is 2.04. The van der Waals surface area contributed by atoms with Gasteiger partial charge in [-0.15, -0.1) is 0 Å². The van der Waals surface area contributed by atoms with Crippen molar-refractivity contribution in [1.82, 2.24) is 0 Å². The van der Waals surface area contributed by atoms with Gasteiger partial charge >= 0.3 is 5.97 Å². The van der Waals surface area contributed by atoms with Crippen LogP contribution in [0.4, 0.5) is 5.69 Å². The van der Waals surface area contributed by atoms with Crippen molar-refractivity contribution in [2.24, 2.45) is 11.8 Å². The lowest BCUT2D eigenvalue weighted by molar-refractivity contribution is -0.144. The van der Waals surface area contributed by atoms with E-state index in [1.54, 1.807) is 13.4 Å². The summed E-state index contributed by atoms with van der Waals surface area (Å²) in [6.45, 7) is 13.5. The van der Waals surface area contributed by atoms with Crippen LogP contribution >= 0.6 is 0 Å². The first-order valence-corrected chi connectivity index (χ1v) is 15.9. The van der Waals surface area contributed by atoms with Crippen LogP contribution in [0.15, 0.2) is 58.9 Å². The average molecular weight is 514 g/mol. The molecule has 6 nitrogen and oxygen atoms in total. The second kappa shape index (κ2) is 12.0. The summed E-state index contributed by atoms with van der Waals surface area (Å²) in [7, 11) is -0.435. The Kier molecular flexibility index (Phi) is 9.34. The van der Waals surface area contributed by atoms with Gasteiger partial charge < -0.3 is 23.6 Å². The molecular weight excluding hydrogens is 470 g/mol. The number of nitrogens with one attached hydrogen (secondary N) is 1. The molecule has 0 amide bonds. The van der Waals surface area contributed by atoms with Crippen molar-refractivity contribution in [2.45, 2.75) is 77.6 Å². The first kappa shape index (κ1) is 27.9. The van der Waals surface area contributed by atoms with Crippen molar-refractivity contribution in [3.63, 3.8) is 0 Å². The van der Waals surface area contributed by atoms with E-state index in [9.17, 15) is 4.79 Å². The maximum Gasteiger partial charge on any atom is 0.306 e. The van der Waals surface area contributed by atoms with Crippen LogP contribution in [0.25, 0.3) is 0 Å². The zero-order valence-electron chi connectivity index (χ0n) is 22.9. The highest BCUT2D eigenvalue weighted by Gasteiger charge is 2.44. The SMILES string of the molecule is CCOC(=O)C[C@H]1CCC=C(O[Si](C)(C)C(C)(C)C)[C@@H]1[C@H](Cc1ccco1)Nc1ccccc1OC. The molecule has 36 heavy (non-hydrogen) atoms. The van der Waals surface area contributed by atoms with Gasteiger partial charge in [0.15, 0.2) is 0 Å². The fourth-order valence-electron chi connectivity index (χ4n) is 4.61. The summed E-state index contributed by atoms with van der Waals surface area (Å²) in [6, 6.07) is 11.8. The van der Waals surface area contributed by atoms with Crippen LogP contribution in [0.5, 0.6) is 5.75 Å². The molecular formula is C29H43NO5Si. The molecule has 0 saturated carbocycles. The standard InChI is InChI=1S/C29H43NO5Si/c1-8-33-27(31)19-21-13-11-17-26(35-36(6,7)29(2,3)4)28(21)24(20-22-14-12-18-34-22)30-23-15-9-10-16-25(23)32-5/h9-10,12,14-18,21,24,28,30H,8,11,13,19-20H2,1-7H3/t21-,24+,28+/m1/s1. The van der Waals surface area contributed by atoms with Gasteiger partial charge in [-0.2, -0.15) is 0 Å². The molecule has 0 fully saturated rings. The maximum atomic E-state index is 12.7. The van der Waals surface area contributed by atoms with Crippen LogP contribution in [0, 0.1) is 11.8 Å². The minimum absolute atomic E-state index is 0.0349. The van der Waals surface area contributed by atoms with Crippen LogP contribution in [-0.2, 0) is 20.4 Å². The Morgan fingerprint density at radius 2 is 1.94 bits per heavy atom. The van der Waals surface area contributed by atoms with Gasteiger partial charge in [0.05, 0.1) is 31.4 Å². The lowest BCUT2D eigenvalue weighted by atomic mass is 9.75. The number of rotatable bonds is 11. The predicted molar refractivity (Wildman–Crippen MR) is 147 cm³/mol. The molecule has 1 aliphatic rings. The summed E-state index contributed by atoms with van der Waals surface area (Å²) in [5.41, 5.74) is 0.906. The average Bonchev–Trinajstić information content (AvgIpc) is 3.31. The van der Waals surface area contributed by atoms with Gasteiger partial charge in [-0.1, -0.05) is 32.9 Å². The minimum Gasteiger partial charge on any atom is -0.546 e. The van der Waals surface area contributed by atoms with Crippen molar-refractivity contribution < 1.29 is 23.1 Å². The lowest BCUT2D eigenvalue weighted by Crippen LogP contribution is -2.46. The van der Waals surface area contributed by atoms with E-state index < -0.39 is 8.32 Å². The number of para-hydroxylation sites is 2. The third-order valence-corrected chi connectivity index (χ3v) is 11.9.